The molecule has 9 heteroatoms. The Bertz CT molecular complexity index is 838. The van der Waals surface area contributed by atoms with Gasteiger partial charge >= 0.3 is 5.97 Å². The van der Waals surface area contributed by atoms with Gasteiger partial charge in [0.15, 0.2) is 4.96 Å². The molecule has 1 atom stereocenters. The van der Waals surface area contributed by atoms with Gasteiger partial charge in [-0.2, -0.15) is 0 Å². The molecule has 2 heterocycles. The van der Waals surface area contributed by atoms with E-state index in [1.807, 2.05) is 20.8 Å². The first-order valence-electron chi connectivity index (χ1n) is 8.21. The average Bonchev–Trinajstić information content (AvgIpc) is 2.99. The zero-order chi connectivity index (χ0) is 19.3. The number of carbonyl (C=O) groups is 2. The van der Waals surface area contributed by atoms with Crippen molar-refractivity contribution in [3.8, 4) is 0 Å². The number of hydrogen-bond acceptors (Lipinski definition) is 6. The molecule has 2 aromatic rings. The van der Waals surface area contributed by atoms with Crippen molar-refractivity contribution in [2.24, 2.45) is 5.41 Å². The number of thiazole rings is 1. The summed E-state index contributed by atoms with van der Waals surface area (Å²) >= 11 is 2.67. The highest BCUT2D eigenvalue weighted by molar-refractivity contribution is 7.99. The molecule has 2 rings (SSSR count). The maximum Gasteiger partial charge on any atom is 0.326 e. The molecule has 0 aliphatic rings. The molecule has 0 bridgehead atoms. The molecule has 0 aromatic carbocycles. The van der Waals surface area contributed by atoms with E-state index in [9.17, 15) is 19.5 Å². The Morgan fingerprint density at radius 2 is 2.15 bits per heavy atom. The van der Waals surface area contributed by atoms with Gasteiger partial charge in [0.1, 0.15) is 6.04 Å². The molecular formula is C17H23N3O4S2. The number of nitrogens with one attached hydrogen (secondary N) is 1. The second kappa shape index (κ2) is 8.68. The fourth-order valence-corrected chi connectivity index (χ4v) is 3.75. The van der Waals surface area contributed by atoms with Crippen molar-refractivity contribution in [2.75, 3.05) is 5.75 Å². The van der Waals surface area contributed by atoms with Gasteiger partial charge in [0, 0.05) is 23.4 Å². The van der Waals surface area contributed by atoms with Gasteiger partial charge in [0.05, 0.1) is 11.4 Å². The number of aromatic nitrogens is 2. The lowest BCUT2D eigenvalue weighted by molar-refractivity contribution is -0.141. The number of nitrogens with zero attached hydrogens (tertiary/aromatic N) is 2. The van der Waals surface area contributed by atoms with Crippen molar-refractivity contribution in [3.63, 3.8) is 0 Å². The molecule has 0 radical (unpaired) electrons. The molecule has 0 aliphatic heterocycles. The number of amides is 1. The van der Waals surface area contributed by atoms with Crippen LogP contribution in [0, 0.1) is 5.41 Å². The number of rotatable bonds is 8. The lowest BCUT2D eigenvalue weighted by atomic mass is 9.88. The van der Waals surface area contributed by atoms with Crippen LogP contribution in [0.15, 0.2) is 22.4 Å². The quantitative estimate of drug-likeness (QED) is 0.709. The third-order valence-corrected chi connectivity index (χ3v) is 5.38. The minimum Gasteiger partial charge on any atom is -0.480 e. The molecule has 7 nitrogen and oxygen atoms in total. The van der Waals surface area contributed by atoms with Gasteiger partial charge in [-0.1, -0.05) is 20.8 Å². The highest BCUT2D eigenvalue weighted by Gasteiger charge is 2.22. The summed E-state index contributed by atoms with van der Waals surface area (Å²) in [4.78, 5) is 40.2. The Kier molecular flexibility index (Phi) is 6.82. The van der Waals surface area contributed by atoms with Gasteiger partial charge < -0.3 is 10.4 Å². The van der Waals surface area contributed by atoms with E-state index < -0.39 is 12.0 Å². The Hall–Kier alpha value is -1.87. The van der Waals surface area contributed by atoms with E-state index in [1.165, 1.54) is 33.6 Å². The van der Waals surface area contributed by atoms with Gasteiger partial charge in [-0.3, -0.25) is 14.0 Å². The molecule has 2 aromatic heterocycles. The second-order valence-corrected chi connectivity index (χ2v) is 9.05. The van der Waals surface area contributed by atoms with E-state index in [0.717, 1.165) is 0 Å². The van der Waals surface area contributed by atoms with Crippen LogP contribution in [-0.2, 0) is 15.3 Å². The van der Waals surface area contributed by atoms with E-state index in [0.29, 0.717) is 29.2 Å². The first-order valence-corrected chi connectivity index (χ1v) is 10.2. The van der Waals surface area contributed by atoms with Crippen LogP contribution in [0.3, 0.4) is 0 Å². The lowest BCUT2D eigenvalue weighted by Gasteiger charge is -2.21. The number of thioether (sulfide) groups is 1. The van der Waals surface area contributed by atoms with Crippen molar-refractivity contribution >= 4 is 39.9 Å². The molecule has 0 aliphatic carbocycles. The summed E-state index contributed by atoms with van der Waals surface area (Å²) in [7, 11) is 0. The van der Waals surface area contributed by atoms with E-state index in [-0.39, 0.29) is 22.6 Å². The summed E-state index contributed by atoms with van der Waals surface area (Å²) in [6.45, 7) is 6.09. The Morgan fingerprint density at radius 1 is 1.42 bits per heavy atom. The zero-order valence-electron chi connectivity index (χ0n) is 15.0. The predicted octanol–water partition coefficient (Wildman–Crippen LogP) is 2.38. The minimum absolute atomic E-state index is 0.00728. The van der Waals surface area contributed by atoms with Crippen LogP contribution >= 0.6 is 23.1 Å². The largest absolute Gasteiger partial charge is 0.480 e. The smallest absolute Gasteiger partial charge is 0.326 e. The molecule has 0 fully saturated rings. The van der Waals surface area contributed by atoms with Crippen LogP contribution in [0.2, 0.25) is 0 Å². The number of aliphatic carboxylic acids is 1. The maximum atomic E-state index is 12.0. The van der Waals surface area contributed by atoms with E-state index in [1.54, 1.807) is 11.6 Å². The maximum absolute atomic E-state index is 12.0. The van der Waals surface area contributed by atoms with Crippen LogP contribution in [0.1, 0.15) is 39.3 Å². The predicted molar refractivity (Wildman–Crippen MR) is 104 cm³/mol. The zero-order valence-corrected chi connectivity index (χ0v) is 16.7. The van der Waals surface area contributed by atoms with Gasteiger partial charge in [-0.15, -0.1) is 23.1 Å². The third-order valence-electron chi connectivity index (χ3n) is 3.66. The van der Waals surface area contributed by atoms with Gasteiger partial charge in [0.2, 0.25) is 5.91 Å². The van der Waals surface area contributed by atoms with Crippen LogP contribution < -0.4 is 10.9 Å². The van der Waals surface area contributed by atoms with Crippen molar-refractivity contribution in [2.45, 2.75) is 45.4 Å². The highest BCUT2D eigenvalue weighted by Crippen LogP contribution is 2.21. The van der Waals surface area contributed by atoms with Crippen molar-refractivity contribution in [1.29, 1.82) is 0 Å². The first kappa shape index (κ1) is 20.4. The minimum atomic E-state index is -1.02. The average molecular weight is 398 g/mol. The Labute approximate surface area is 159 Å². The fraction of sp³-hybridized carbons (Fsp3) is 0.529. The lowest BCUT2D eigenvalue weighted by Crippen LogP contribution is -2.42. The molecule has 0 saturated carbocycles. The number of carboxylic acids is 1. The standard InChI is InChI=1S/C17H23N3O4S2/c1-17(2,3)5-4-12(15(23)24)19-13(21)10-25-9-11-8-14(22)20-6-7-26-16(20)18-11/h6-8,12H,4-5,9-10H2,1-3H3,(H,19,21)(H,23,24). The van der Waals surface area contributed by atoms with Crippen molar-refractivity contribution in [3.05, 3.63) is 33.7 Å². The fourth-order valence-electron chi connectivity index (χ4n) is 2.28. The number of carboxylic acid groups (broad SMARTS) is 1. The van der Waals surface area contributed by atoms with E-state index in [2.05, 4.69) is 10.3 Å². The molecule has 0 saturated heterocycles. The Balaban J connectivity index is 1.84. The molecule has 1 unspecified atom stereocenters. The number of fused-ring (bicyclic) bond motifs is 1. The summed E-state index contributed by atoms with van der Waals surface area (Å²) in [5.74, 6) is -0.822. The normalized spacial score (nSPS) is 12.9. The van der Waals surface area contributed by atoms with Crippen LogP contribution in [0.4, 0.5) is 0 Å². The molecular weight excluding hydrogens is 374 g/mol. The summed E-state index contributed by atoms with van der Waals surface area (Å²) in [5, 5.41) is 13.6. The number of hydrogen-bond donors (Lipinski definition) is 2. The van der Waals surface area contributed by atoms with Crippen molar-refractivity contribution < 1.29 is 14.7 Å². The van der Waals surface area contributed by atoms with E-state index >= 15 is 0 Å². The van der Waals surface area contributed by atoms with Crippen LogP contribution in [-0.4, -0.2) is 38.2 Å². The highest BCUT2D eigenvalue weighted by atomic mass is 32.2. The monoisotopic (exact) mass is 397 g/mol. The van der Waals surface area contributed by atoms with Crippen molar-refractivity contribution in [1.82, 2.24) is 14.7 Å². The van der Waals surface area contributed by atoms with Gasteiger partial charge in [-0.25, -0.2) is 9.78 Å². The topological polar surface area (TPSA) is 101 Å². The van der Waals surface area contributed by atoms with Gasteiger partial charge in [0.25, 0.3) is 5.56 Å². The van der Waals surface area contributed by atoms with Gasteiger partial charge in [-0.05, 0) is 18.3 Å². The summed E-state index contributed by atoms with van der Waals surface area (Å²) in [6.07, 6.45) is 2.76. The summed E-state index contributed by atoms with van der Waals surface area (Å²) < 4.78 is 1.47. The molecule has 2 N–H and O–H groups in total. The molecule has 142 valence electrons. The van der Waals surface area contributed by atoms with Crippen LogP contribution in [0.25, 0.3) is 4.96 Å². The first-order chi connectivity index (χ1) is 12.2. The second-order valence-electron chi connectivity index (χ2n) is 7.19. The SMILES string of the molecule is CC(C)(C)CCC(NC(=O)CSCc1cc(=O)n2ccsc2n1)C(=O)O. The third kappa shape index (κ3) is 6.14. The van der Waals surface area contributed by atoms with E-state index in [4.69, 9.17) is 0 Å². The molecule has 1 amide bonds. The molecule has 26 heavy (non-hydrogen) atoms. The summed E-state index contributed by atoms with van der Waals surface area (Å²) in [6, 6.07) is 0.571. The van der Waals surface area contributed by atoms with Crippen LogP contribution in [0.5, 0.6) is 0 Å². The molecule has 0 spiro atoms. The summed E-state index contributed by atoms with van der Waals surface area (Å²) in [5.41, 5.74) is 0.468. The number of carbonyl (C=O) groups excluding carboxylic acids is 1. The Morgan fingerprint density at radius 3 is 2.81 bits per heavy atom.